The summed E-state index contributed by atoms with van der Waals surface area (Å²) in [5.74, 6) is 1.55. The normalized spacial score (nSPS) is 10.5. The van der Waals surface area contributed by atoms with E-state index in [1.54, 1.807) is 26.0 Å². The van der Waals surface area contributed by atoms with Crippen molar-refractivity contribution in [2.75, 3.05) is 0 Å². The maximum absolute atomic E-state index is 10.7. The molecular weight excluding hydrogens is 356 g/mol. The molecule has 0 radical (unpaired) electrons. The smallest absolute Gasteiger partial charge is 0.269 e. The Morgan fingerprint density at radius 1 is 1.23 bits per heavy atom. The molecule has 0 atom stereocenters. The van der Waals surface area contributed by atoms with Crippen LogP contribution in [-0.4, -0.2) is 25.1 Å². The quantitative estimate of drug-likeness (QED) is 0.288. The molecule has 9 nitrogen and oxygen atoms in total. The van der Waals surface area contributed by atoms with Gasteiger partial charge < -0.3 is 4.42 Å². The maximum Gasteiger partial charge on any atom is 0.269 e. The molecule has 3 rings (SSSR count). The highest BCUT2D eigenvalue weighted by Gasteiger charge is 2.14. The zero-order chi connectivity index (χ0) is 18.7. The molecule has 26 heavy (non-hydrogen) atoms. The Kier molecular flexibility index (Phi) is 4.90. The number of nitrogens with zero attached hydrogens (tertiary/aromatic N) is 6. The molecule has 130 valence electrons. The third-order valence-corrected chi connectivity index (χ3v) is 4.36. The summed E-state index contributed by atoms with van der Waals surface area (Å²) in [4.78, 5) is 18.7. The molecule has 0 N–H and O–H groups in total. The molecule has 3 aromatic rings. The van der Waals surface area contributed by atoms with Gasteiger partial charge in [0.1, 0.15) is 22.5 Å². The summed E-state index contributed by atoms with van der Waals surface area (Å²) in [7, 11) is 0. The van der Waals surface area contributed by atoms with Crippen LogP contribution in [0, 0.1) is 35.3 Å². The van der Waals surface area contributed by atoms with Crippen molar-refractivity contribution in [2.24, 2.45) is 0 Å². The van der Waals surface area contributed by atoms with Crippen LogP contribution in [0.25, 0.3) is 11.5 Å². The van der Waals surface area contributed by atoms with Crippen molar-refractivity contribution in [1.29, 1.82) is 5.26 Å². The first-order valence-corrected chi connectivity index (χ1v) is 8.42. The Balaban J connectivity index is 1.75. The first-order valence-electron chi connectivity index (χ1n) is 7.43. The number of aryl methyl sites for hydroxylation is 2. The second-order valence-electron chi connectivity index (χ2n) is 5.24. The third kappa shape index (κ3) is 3.68. The van der Waals surface area contributed by atoms with E-state index in [0.29, 0.717) is 39.3 Å². The Labute approximate surface area is 152 Å². The molecule has 0 bridgehead atoms. The van der Waals surface area contributed by atoms with Gasteiger partial charge in [-0.2, -0.15) is 5.26 Å². The summed E-state index contributed by atoms with van der Waals surface area (Å²) < 4.78 is 5.59. The van der Waals surface area contributed by atoms with E-state index < -0.39 is 4.92 Å². The SMILES string of the molecule is Cc1nc(C)c(C#N)c(SCc2nnc(-c3ccc([N+](=O)[O-])cc3)o2)n1. The minimum atomic E-state index is -0.474. The summed E-state index contributed by atoms with van der Waals surface area (Å²) in [6, 6.07) is 7.95. The lowest BCUT2D eigenvalue weighted by molar-refractivity contribution is -0.384. The number of non-ortho nitro benzene ring substituents is 1. The predicted octanol–water partition coefficient (Wildman–Crippen LogP) is 3.22. The first kappa shape index (κ1) is 17.5. The second kappa shape index (κ2) is 7.28. The zero-order valence-corrected chi connectivity index (χ0v) is 14.6. The molecule has 2 aromatic heterocycles. The van der Waals surface area contributed by atoms with Crippen LogP contribution in [0.2, 0.25) is 0 Å². The highest BCUT2D eigenvalue weighted by Crippen LogP contribution is 2.27. The van der Waals surface area contributed by atoms with Gasteiger partial charge in [0.25, 0.3) is 5.69 Å². The van der Waals surface area contributed by atoms with Crippen molar-refractivity contribution in [1.82, 2.24) is 20.2 Å². The molecule has 10 heteroatoms. The van der Waals surface area contributed by atoms with Gasteiger partial charge in [-0.1, -0.05) is 11.8 Å². The minimum Gasteiger partial charge on any atom is -0.420 e. The van der Waals surface area contributed by atoms with Crippen molar-refractivity contribution in [3.63, 3.8) is 0 Å². The van der Waals surface area contributed by atoms with E-state index in [0.717, 1.165) is 0 Å². The molecule has 0 unspecified atom stereocenters. The van der Waals surface area contributed by atoms with Gasteiger partial charge in [0.05, 0.1) is 16.4 Å². The number of nitriles is 1. The van der Waals surface area contributed by atoms with Gasteiger partial charge in [0.2, 0.25) is 11.8 Å². The average Bonchev–Trinajstić information content (AvgIpc) is 3.08. The number of nitro benzene ring substituents is 1. The molecule has 1 aromatic carbocycles. The van der Waals surface area contributed by atoms with E-state index in [1.807, 2.05) is 0 Å². The molecule has 0 aliphatic rings. The third-order valence-electron chi connectivity index (χ3n) is 3.40. The first-order chi connectivity index (χ1) is 12.5. The van der Waals surface area contributed by atoms with Gasteiger partial charge in [0.15, 0.2) is 0 Å². The molecule has 0 aliphatic heterocycles. The van der Waals surface area contributed by atoms with Crippen LogP contribution in [0.15, 0.2) is 33.7 Å². The lowest BCUT2D eigenvalue weighted by Crippen LogP contribution is -1.99. The fraction of sp³-hybridized carbons (Fsp3) is 0.188. The van der Waals surface area contributed by atoms with Crippen molar-refractivity contribution in [2.45, 2.75) is 24.6 Å². The van der Waals surface area contributed by atoms with Gasteiger partial charge in [-0.15, -0.1) is 10.2 Å². The van der Waals surface area contributed by atoms with Crippen LogP contribution in [0.1, 0.15) is 23.0 Å². The number of nitro groups is 1. The maximum atomic E-state index is 10.7. The largest absolute Gasteiger partial charge is 0.420 e. The molecule has 0 saturated heterocycles. The summed E-state index contributed by atoms with van der Waals surface area (Å²) in [6.07, 6.45) is 0. The molecule has 0 aliphatic carbocycles. The van der Waals surface area contributed by atoms with E-state index >= 15 is 0 Å². The van der Waals surface area contributed by atoms with Crippen molar-refractivity contribution < 1.29 is 9.34 Å². The molecule has 2 heterocycles. The van der Waals surface area contributed by atoms with Gasteiger partial charge in [-0.05, 0) is 26.0 Å². The van der Waals surface area contributed by atoms with Crippen molar-refractivity contribution in [3.8, 4) is 17.5 Å². The Morgan fingerprint density at radius 2 is 1.96 bits per heavy atom. The second-order valence-corrected chi connectivity index (χ2v) is 6.21. The number of benzene rings is 1. The Bertz CT molecular complexity index is 1010. The Morgan fingerprint density at radius 3 is 2.62 bits per heavy atom. The van der Waals surface area contributed by atoms with Gasteiger partial charge in [0, 0.05) is 17.7 Å². The molecule has 0 amide bonds. The summed E-state index contributed by atoms with van der Waals surface area (Å²) in [5.41, 5.74) is 1.63. The van der Waals surface area contributed by atoms with E-state index in [2.05, 4.69) is 26.2 Å². The van der Waals surface area contributed by atoms with Crippen LogP contribution in [0.3, 0.4) is 0 Å². The molecular formula is C16H12N6O3S. The van der Waals surface area contributed by atoms with Crippen LogP contribution < -0.4 is 0 Å². The van der Waals surface area contributed by atoms with E-state index in [1.165, 1.54) is 23.9 Å². The fourth-order valence-corrected chi connectivity index (χ4v) is 3.11. The summed E-state index contributed by atoms with van der Waals surface area (Å²) in [6.45, 7) is 3.52. The van der Waals surface area contributed by atoms with Gasteiger partial charge >= 0.3 is 0 Å². The van der Waals surface area contributed by atoms with Crippen LogP contribution in [-0.2, 0) is 5.75 Å². The highest BCUT2D eigenvalue weighted by atomic mass is 32.2. The van der Waals surface area contributed by atoms with Crippen LogP contribution in [0.4, 0.5) is 5.69 Å². The minimum absolute atomic E-state index is 0.0115. The monoisotopic (exact) mass is 368 g/mol. The standard InChI is InChI=1S/C16H12N6O3S/c1-9-13(7-17)16(19-10(2)18-9)26-8-14-20-21-15(25-14)11-3-5-12(6-4-11)22(23)24/h3-6H,8H2,1-2H3. The predicted molar refractivity (Wildman–Crippen MR) is 92.2 cm³/mol. The average molecular weight is 368 g/mol. The summed E-state index contributed by atoms with van der Waals surface area (Å²) >= 11 is 1.31. The van der Waals surface area contributed by atoms with Crippen molar-refractivity contribution in [3.05, 3.63) is 57.4 Å². The van der Waals surface area contributed by atoms with Gasteiger partial charge in [-0.25, -0.2) is 9.97 Å². The molecule has 0 spiro atoms. The van der Waals surface area contributed by atoms with E-state index in [9.17, 15) is 15.4 Å². The number of hydrogen-bond acceptors (Lipinski definition) is 9. The van der Waals surface area contributed by atoms with Crippen LogP contribution >= 0.6 is 11.8 Å². The lowest BCUT2D eigenvalue weighted by atomic mass is 10.2. The number of rotatable bonds is 5. The highest BCUT2D eigenvalue weighted by molar-refractivity contribution is 7.98. The Hall–Kier alpha value is -3.32. The van der Waals surface area contributed by atoms with Crippen molar-refractivity contribution >= 4 is 17.4 Å². The summed E-state index contributed by atoms with van der Waals surface area (Å²) in [5, 5.41) is 28.4. The van der Waals surface area contributed by atoms with Crippen LogP contribution in [0.5, 0.6) is 0 Å². The number of aromatic nitrogens is 4. The fourth-order valence-electron chi connectivity index (χ4n) is 2.20. The van der Waals surface area contributed by atoms with Gasteiger partial charge in [-0.3, -0.25) is 10.1 Å². The molecule has 0 saturated carbocycles. The number of hydrogen-bond donors (Lipinski definition) is 0. The number of thioether (sulfide) groups is 1. The lowest BCUT2D eigenvalue weighted by Gasteiger charge is -2.04. The van der Waals surface area contributed by atoms with E-state index in [-0.39, 0.29) is 11.6 Å². The topological polar surface area (TPSA) is 132 Å². The molecule has 0 fully saturated rings. The van der Waals surface area contributed by atoms with E-state index in [4.69, 9.17) is 4.42 Å². The zero-order valence-electron chi connectivity index (χ0n) is 13.8.